The number of carbonyl (C=O) groups is 2. The first-order valence-electron chi connectivity index (χ1n) is 7.52. The second-order valence-electron chi connectivity index (χ2n) is 6.75. The van der Waals surface area contributed by atoms with Crippen molar-refractivity contribution in [1.29, 1.82) is 0 Å². The maximum absolute atomic E-state index is 12.1. The Morgan fingerprint density at radius 3 is 2.50 bits per heavy atom. The Kier molecular flexibility index (Phi) is 5.84. The molecule has 20 heavy (non-hydrogen) atoms. The summed E-state index contributed by atoms with van der Waals surface area (Å²) >= 11 is 0. The Morgan fingerprint density at radius 2 is 1.90 bits per heavy atom. The summed E-state index contributed by atoms with van der Waals surface area (Å²) in [6, 6.07) is 0.0281. The zero-order valence-electron chi connectivity index (χ0n) is 13.0. The molecule has 5 nitrogen and oxygen atoms in total. The van der Waals surface area contributed by atoms with E-state index in [-0.39, 0.29) is 18.5 Å². The van der Waals surface area contributed by atoms with E-state index in [1.54, 1.807) is 0 Å². The molecule has 1 saturated carbocycles. The lowest BCUT2D eigenvalue weighted by Gasteiger charge is -2.35. The normalized spacial score (nSPS) is 26.9. The Hall–Kier alpha value is -1.26. The van der Waals surface area contributed by atoms with Crippen LogP contribution in [0.3, 0.4) is 0 Å². The van der Waals surface area contributed by atoms with Crippen LogP contribution in [-0.4, -0.2) is 28.7 Å². The fourth-order valence-corrected chi connectivity index (χ4v) is 2.78. The van der Waals surface area contributed by atoms with Crippen LogP contribution in [0.1, 0.15) is 59.8 Å². The standard InChI is InChI=1S/C15H28N2O3/c1-10-6-5-7-12(11(10)2)16-14(20)17-15(3,4)9-8-13(18)19/h10-12H,5-9H2,1-4H3,(H,18,19)(H2,16,17,20). The molecule has 3 atom stereocenters. The molecule has 0 spiro atoms. The van der Waals surface area contributed by atoms with Gasteiger partial charge in [0.1, 0.15) is 0 Å². The average Bonchev–Trinajstić information content (AvgIpc) is 2.32. The predicted molar refractivity (Wildman–Crippen MR) is 78.6 cm³/mol. The highest BCUT2D eigenvalue weighted by Gasteiger charge is 2.29. The van der Waals surface area contributed by atoms with E-state index in [4.69, 9.17) is 5.11 Å². The summed E-state index contributed by atoms with van der Waals surface area (Å²) in [6.07, 6.45) is 3.88. The van der Waals surface area contributed by atoms with Gasteiger partial charge >= 0.3 is 12.0 Å². The summed E-state index contributed by atoms with van der Waals surface area (Å²) in [4.78, 5) is 22.7. The van der Waals surface area contributed by atoms with Crippen LogP contribution in [0.15, 0.2) is 0 Å². The first-order chi connectivity index (χ1) is 9.21. The molecule has 0 bridgehead atoms. The molecule has 3 N–H and O–H groups in total. The smallest absolute Gasteiger partial charge is 0.315 e. The van der Waals surface area contributed by atoms with Gasteiger partial charge in [0.15, 0.2) is 0 Å². The van der Waals surface area contributed by atoms with E-state index in [9.17, 15) is 9.59 Å². The van der Waals surface area contributed by atoms with Gasteiger partial charge in [-0.3, -0.25) is 4.79 Å². The van der Waals surface area contributed by atoms with Crippen molar-refractivity contribution in [3.8, 4) is 0 Å². The second-order valence-corrected chi connectivity index (χ2v) is 6.75. The van der Waals surface area contributed by atoms with Crippen LogP contribution in [0.4, 0.5) is 4.79 Å². The van der Waals surface area contributed by atoms with E-state index in [0.717, 1.165) is 12.8 Å². The molecular weight excluding hydrogens is 256 g/mol. The zero-order chi connectivity index (χ0) is 15.3. The van der Waals surface area contributed by atoms with Crippen LogP contribution >= 0.6 is 0 Å². The third-order valence-corrected chi connectivity index (χ3v) is 4.44. The Labute approximate surface area is 121 Å². The van der Waals surface area contributed by atoms with Crippen molar-refractivity contribution in [2.24, 2.45) is 11.8 Å². The molecule has 2 amide bonds. The first kappa shape index (κ1) is 16.8. The minimum absolute atomic E-state index is 0.0597. The zero-order valence-corrected chi connectivity index (χ0v) is 13.0. The first-order valence-corrected chi connectivity index (χ1v) is 7.52. The number of carboxylic acid groups (broad SMARTS) is 1. The van der Waals surface area contributed by atoms with Gasteiger partial charge in [0.25, 0.3) is 0 Å². The molecular formula is C15H28N2O3. The Balaban J connectivity index is 2.44. The molecule has 0 aliphatic heterocycles. The quantitative estimate of drug-likeness (QED) is 0.726. The van der Waals surface area contributed by atoms with Crippen LogP contribution < -0.4 is 10.6 Å². The highest BCUT2D eigenvalue weighted by atomic mass is 16.4. The summed E-state index contributed by atoms with van der Waals surface area (Å²) < 4.78 is 0. The van der Waals surface area contributed by atoms with Crippen molar-refractivity contribution in [2.75, 3.05) is 0 Å². The van der Waals surface area contributed by atoms with E-state index in [1.807, 2.05) is 13.8 Å². The molecule has 0 aromatic rings. The summed E-state index contributed by atoms with van der Waals surface area (Å²) in [7, 11) is 0. The van der Waals surface area contributed by atoms with Crippen LogP contribution in [0, 0.1) is 11.8 Å². The predicted octanol–water partition coefficient (Wildman–Crippen LogP) is 2.75. The van der Waals surface area contributed by atoms with Crippen molar-refractivity contribution < 1.29 is 14.7 Å². The molecule has 1 rings (SSSR count). The van der Waals surface area contributed by atoms with Gasteiger partial charge in [0.05, 0.1) is 0 Å². The SMILES string of the molecule is CC1CCCC(NC(=O)NC(C)(C)CCC(=O)O)C1C. The van der Waals surface area contributed by atoms with Crippen LogP contribution in [0.25, 0.3) is 0 Å². The molecule has 0 radical (unpaired) electrons. The maximum atomic E-state index is 12.1. The van der Waals surface area contributed by atoms with Gasteiger partial charge in [-0.15, -0.1) is 0 Å². The number of hydrogen-bond donors (Lipinski definition) is 3. The minimum atomic E-state index is -0.838. The number of hydrogen-bond acceptors (Lipinski definition) is 2. The molecule has 0 aromatic carbocycles. The molecule has 116 valence electrons. The molecule has 1 aliphatic rings. The van der Waals surface area contributed by atoms with Crippen molar-refractivity contribution in [3.63, 3.8) is 0 Å². The summed E-state index contributed by atoms with van der Waals surface area (Å²) in [5.41, 5.74) is -0.508. The van der Waals surface area contributed by atoms with E-state index in [0.29, 0.717) is 18.3 Å². The van der Waals surface area contributed by atoms with Gasteiger partial charge in [0, 0.05) is 18.0 Å². The minimum Gasteiger partial charge on any atom is -0.481 e. The number of carbonyl (C=O) groups excluding carboxylic acids is 1. The molecule has 0 heterocycles. The van der Waals surface area contributed by atoms with Gasteiger partial charge in [0.2, 0.25) is 0 Å². The van der Waals surface area contributed by atoms with Gasteiger partial charge in [-0.05, 0) is 38.5 Å². The van der Waals surface area contributed by atoms with Crippen molar-refractivity contribution in [1.82, 2.24) is 10.6 Å². The highest BCUT2D eigenvalue weighted by Crippen LogP contribution is 2.29. The third-order valence-electron chi connectivity index (χ3n) is 4.44. The maximum Gasteiger partial charge on any atom is 0.315 e. The van der Waals surface area contributed by atoms with Crippen LogP contribution in [-0.2, 0) is 4.79 Å². The number of rotatable bonds is 5. The lowest BCUT2D eigenvalue weighted by Crippen LogP contribution is -2.53. The highest BCUT2D eigenvalue weighted by molar-refractivity contribution is 5.75. The van der Waals surface area contributed by atoms with Crippen LogP contribution in [0.5, 0.6) is 0 Å². The molecule has 5 heteroatoms. The van der Waals surface area contributed by atoms with E-state index >= 15 is 0 Å². The van der Waals surface area contributed by atoms with E-state index in [2.05, 4.69) is 24.5 Å². The molecule has 1 aliphatic carbocycles. The summed E-state index contributed by atoms with van der Waals surface area (Å²) in [5, 5.41) is 14.6. The largest absolute Gasteiger partial charge is 0.481 e. The number of urea groups is 1. The fraction of sp³-hybridized carbons (Fsp3) is 0.867. The molecule has 3 unspecified atom stereocenters. The van der Waals surface area contributed by atoms with Crippen LogP contribution in [0.2, 0.25) is 0 Å². The second kappa shape index (κ2) is 6.95. The Morgan fingerprint density at radius 1 is 1.25 bits per heavy atom. The summed E-state index contributed by atoms with van der Waals surface area (Å²) in [5.74, 6) is 0.278. The van der Waals surface area contributed by atoms with Gasteiger partial charge in [-0.25, -0.2) is 4.79 Å². The fourth-order valence-electron chi connectivity index (χ4n) is 2.78. The number of aliphatic carboxylic acids is 1. The monoisotopic (exact) mass is 284 g/mol. The average molecular weight is 284 g/mol. The van der Waals surface area contributed by atoms with Crippen molar-refractivity contribution in [2.45, 2.75) is 71.4 Å². The summed E-state index contributed by atoms with van der Waals surface area (Å²) in [6.45, 7) is 8.11. The van der Waals surface area contributed by atoms with Gasteiger partial charge in [-0.1, -0.05) is 26.7 Å². The lowest BCUT2D eigenvalue weighted by molar-refractivity contribution is -0.137. The Bertz CT molecular complexity index is 355. The molecule has 0 aromatic heterocycles. The van der Waals surface area contributed by atoms with E-state index < -0.39 is 11.5 Å². The number of nitrogens with one attached hydrogen (secondary N) is 2. The molecule has 1 fully saturated rings. The number of amides is 2. The number of carboxylic acids is 1. The third kappa shape index (κ3) is 5.39. The van der Waals surface area contributed by atoms with Crippen molar-refractivity contribution in [3.05, 3.63) is 0 Å². The van der Waals surface area contributed by atoms with Crippen molar-refractivity contribution >= 4 is 12.0 Å². The topological polar surface area (TPSA) is 78.4 Å². The van der Waals surface area contributed by atoms with E-state index in [1.165, 1.54) is 6.42 Å². The molecule has 0 saturated heterocycles. The lowest BCUT2D eigenvalue weighted by atomic mass is 9.78. The van der Waals surface area contributed by atoms with Gasteiger partial charge < -0.3 is 15.7 Å². The van der Waals surface area contributed by atoms with Gasteiger partial charge in [-0.2, -0.15) is 0 Å².